The van der Waals surface area contributed by atoms with Crippen LogP contribution in [0, 0.1) is 6.92 Å². The molecule has 0 atom stereocenters. The molecule has 5 heteroatoms. The van der Waals surface area contributed by atoms with Crippen molar-refractivity contribution in [2.45, 2.75) is 19.4 Å². The zero-order chi connectivity index (χ0) is 13.9. The molecule has 0 aliphatic heterocycles. The summed E-state index contributed by atoms with van der Waals surface area (Å²) < 4.78 is 7.80. The van der Waals surface area contributed by atoms with E-state index in [1.807, 2.05) is 47.9 Å². The molecule has 0 unspecified atom stereocenters. The summed E-state index contributed by atoms with van der Waals surface area (Å²) in [5, 5.41) is 0. The number of hydrogen-bond acceptors (Lipinski definition) is 3. The Morgan fingerprint density at radius 1 is 1.25 bits per heavy atom. The fourth-order valence-corrected chi connectivity index (χ4v) is 2.44. The highest BCUT2D eigenvalue weighted by molar-refractivity contribution is 6.17. The first-order valence-corrected chi connectivity index (χ1v) is 6.88. The molecular formula is C15H14ClN3O. The molecule has 0 N–H and O–H groups in total. The molecule has 0 amide bonds. The molecule has 3 aromatic heterocycles. The number of ether oxygens (including phenoxy) is 1. The summed E-state index contributed by atoms with van der Waals surface area (Å²) in [4.78, 5) is 8.77. The van der Waals surface area contributed by atoms with Gasteiger partial charge < -0.3 is 4.74 Å². The minimum absolute atomic E-state index is 0.419. The van der Waals surface area contributed by atoms with E-state index in [4.69, 9.17) is 16.3 Å². The summed E-state index contributed by atoms with van der Waals surface area (Å²) in [7, 11) is 0. The first-order valence-electron chi connectivity index (χ1n) is 6.35. The Balaban J connectivity index is 1.92. The molecule has 0 aliphatic rings. The lowest BCUT2D eigenvalue weighted by molar-refractivity contribution is 0.303. The van der Waals surface area contributed by atoms with Crippen LogP contribution in [0.3, 0.4) is 0 Å². The van der Waals surface area contributed by atoms with E-state index in [1.54, 1.807) is 6.20 Å². The summed E-state index contributed by atoms with van der Waals surface area (Å²) in [6, 6.07) is 9.59. The van der Waals surface area contributed by atoms with E-state index in [1.165, 1.54) is 0 Å². The van der Waals surface area contributed by atoms with Crippen LogP contribution in [0.1, 0.15) is 17.1 Å². The summed E-state index contributed by atoms with van der Waals surface area (Å²) in [5.74, 6) is 1.16. The van der Waals surface area contributed by atoms with Crippen LogP contribution in [-0.4, -0.2) is 14.4 Å². The summed E-state index contributed by atoms with van der Waals surface area (Å²) in [6.07, 6.45) is 3.70. The molecule has 102 valence electrons. The molecule has 0 aromatic carbocycles. The monoisotopic (exact) mass is 287 g/mol. The summed E-state index contributed by atoms with van der Waals surface area (Å²) in [5.41, 5.74) is 3.59. The van der Waals surface area contributed by atoms with Gasteiger partial charge in [0, 0.05) is 12.4 Å². The van der Waals surface area contributed by atoms with Crippen LogP contribution < -0.4 is 4.74 Å². The number of nitrogens with zero attached hydrogens (tertiary/aromatic N) is 3. The molecule has 4 nitrogen and oxygen atoms in total. The predicted molar refractivity (Wildman–Crippen MR) is 78.1 cm³/mol. The Hall–Kier alpha value is -2.07. The van der Waals surface area contributed by atoms with E-state index in [9.17, 15) is 0 Å². The van der Waals surface area contributed by atoms with Crippen molar-refractivity contribution in [3.05, 3.63) is 59.8 Å². The first-order chi connectivity index (χ1) is 9.79. The maximum absolute atomic E-state index is 5.97. The van der Waals surface area contributed by atoms with Gasteiger partial charge in [-0.2, -0.15) is 0 Å². The molecular weight excluding hydrogens is 274 g/mol. The number of hydrogen-bond donors (Lipinski definition) is 0. The molecule has 0 saturated heterocycles. The third-order valence-corrected chi connectivity index (χ3v) is 3.39. The Morgan fingerprint density at radius 2 is 2.15 bits per heavy atom. The zero-order valence-electron chi connectivity index (χ0n) is 11.1. The van der Waals surface area contributed by atoms with Crippen molar-refractivity contribution in [2.24, 2.45) is 0 Å². The number of aromatic nitrogens is 3. The molecule has 20 heavy (non-hydrogen) atoms. The molecule has 0 bridgehead atoms. The second-order valence-corrected chi connectivity index (χ2v) is 4.72. The van der Waals surface area contributed by atoms with Crippen LogP contribution in [-0.2, 0) is 12.5 Å². The van der Waals surface area contributed by atoms with Crippen LogP contribution in [0.25, 0.3) is 5.65 Å². The molecule has 3 rings (SSSR count). The highest BCUT2D eigenvalue weighted by Crippen LogP contribution is 2.23. The van der Waals surface area contributed by atoms with Gasteiger partial charge in [0.2, 0.25) is 0 Å². The van der Waals surface area contributed by atoms with Gasteiger partial charge in [-0.05, 0) is 31.2 Å². The van der Waals surface area contributed by atoms with Gasteiger partial charge in [-0.3, -0.25) is 9.38 Å². The quantitative estimate of drug-likeness (QED) is 0.691. The highest BCUT2D eigenvalue weighted by Gasteiger charge is 2.11. The van der Waals surface area contributed by atoms with Crippen LogP contribution in [0.15, 0.2) is 42.7 Å². The maximum Gasteiger partial charge on any atom is 0.180 e. The van der Waals surface area contributed by atoms with Crippen molar-refractivity contribution in [3.63, 3.8) is 0 Å². The van der Waals surface area contributed by atoms with Crippen molar-refractivity contribution >= 4 is 17.2 Å². The predicted octanol–water partition coefficient (Wildman–Crippen LogP) is 3.36. The largest absolute Gasteiger partial charge is 0.483 e. The summed E-state index contributed by atoms with van der Waals surface area (Å²) in [6.45, 7) is 2.37. The van der Waals surface area contributed by atoms with Crippen molar-refractivity contribution in [1.82, 2.24) is 14.4 Å². The van der Waals surface area contributed by atoms with Crippen molar-refractivity contribution in [3.8, 4) is 5.75 Å². The van der Waals surface area contributed by atoms with Gasteiger partial charge in [0.1, 0.15) is 6.61 Å². The number of alkyl halides is 1. The van der Waals surface area contributed by atoms with Gasteiger partial charge in [-0.25, -0.2) is 4.98 Å². The number of fused-ring (bicyclic) bond motifs is 1. The molecule has 0 fully saturated rings. The standard InChI is InChI=1S/C15H14ClN3O/c1-11-13(9-16)19-8-4-6-14(15(19)18-11)20-10-12-5-2-3-7-17-12/h2-8H,9-10H2,1H3. The third kappa shape index (κ3) is 2.34. The number of halogens is 1. The third-order valence-electron chi connectivity index (χ3n) is 3.14. The lowest BCUT2D eigenvalue weighted by Crippen LogP contribution is -1.99. The maximum atomic E-state index is 5.97. The second-order valence-electron chi connectivity index (χ2n) is 4.45. The van der Waals surface area contributed by atoms with E-state index in [2.05, 4.69) is 9.97 Å². The molecule has 3 aromatic rings. The lowest BCUT2D eigenvalue weighted by atomic mass is 10.3. The minimum Gasteiger partial charge on any atom is -0.483 e. The van der Waals surface area contributed by atoms with Crippen LogP contribution in [0.4, 0.5) is 0 Å². The first kappa shape index (κ1) is 12.9. The van der Waals surface area contributed by atoms with Crippen LogP contribution >= 0.6 is 11.6 Å². The highest BCUT2D eigenvalue weighted by atomic mass is 35.5. The fraction of sp³-hybridized carbons (Fsp3) is 0.200. The van der Waals surface area contributed by atoms with Crippen LogP contribution in [0.5, 0.6) is 5.75 Å². The van der Waals surface area contributed by atoms with Gasteiger partial charge in [0.25, 0.3) is 0 Å². The Morgan fingerprint density at radius 3 is 2.90 bits per heavy atom. The van der Waals surface area contributed by atoms with E-state index >= 15 is 0 Å². The number of aryl methyl sites for hydroxylation is 1. The SMILES string of the molecule is Cc1nc2c(OCc3ccccn3)cccn2c1CCl. The lowest BCUT2D eigenvalue weighted by Gasteiger charge is -2.07. The van der Waals surface area contributed by atoms with Crippen molar-refractivity contribution in [1.29, 1.82) is 0 Å². The second kappa shape index (κ2) is 5.51. The van der Waals surface area contributed by atoms with E-state index in [-0.39, 0.29) is 0 Å². The van der Waals surface area contributed by atoms with Gasteiger partial charge in [0.15, 0.2) is 11.4 Å². The van der Waals surface area contributed by atoms with Gasteiger partial charge >= 0.3 is 0 Å². The smallest absolute Gasteiger partial charge is 0.180 e. The molecule has 0 spiro atoms. The van der Waals surface area contributed by atoms with Gasteiger partial charge in [-0.1, -0.05) is 6.07 Å². The van der Waals surface area contributed by atoms with Crippen molar-refractivity contribution in [2.75, 3.05) is 0 Å². The van der Waals surface area contributed by atoms with E-state index in [0.717, 1.165) is 28.5 Å². The Bertz CT molecular complexity index is 725. The van der Waals surface area contributed by atoms with E-state index < -0.39 is 0 Å². The fourth-order valence-electron chi connectivity index (χ4n) is 2.11. The number of pyridine rings is 2. The van der Waals surface area contributed by atoms with E-state index in [0.29, 0.717) is 12.5 Å². The number of imidazole rings is 1. The van der Waals surface area contributed by atoms with Gasteiger partial charge in [-0.15, -0.1) is 11.6 Å². The summed E-state index contributed by atoms with van der Waals surface area (Å²) >= 11 is 5.97. The Kier molecular flexibility index (Phi) is 3.56. The number of rotatable bonds is 4. The normalized spacial score (nSPS) is 10.9. The molecule has 3 heterocycles. The average molecular weight is 288 g/mol. The molecule has 0 radical (unpaired) electrons. The van der Waals surface area contributed by atoms with Crippen molar-refractivity contribution < 1.29 is 4.74 Å². The zero-order valence-corrected chi connectivity index (χ0v) is 11.8. The Labute approximate surface area is 122 Å². The van der Waals surface area contributed by atoms with Crippen LogP contribution in [0.2, 0.25) is 0 Å². The minimum atomic E-state index is 0.419. The molecule has 0 saturated carbocycles. The molecule has 0 aliphatic carbocycles. The average Bonchev–Trinajstić information content (AvgIpc) is 2.82. The van der Waals surface area contributed by atoms with Gasteiger partial charge in [0.05, 0.1) is 23.0 Å². The topological polar surface area (TPSA) is 39.4 Å².